The van der Waals surface area contributed by atoms with Gasteiger partial charge in [0.15, 0.2) is 5.69 Å². The fourth-order valence-electron chi connectivity index (χ4n) is 5.52. The van der Waals surface area contributed by atoms with Gasteiger partial charge in [-0.2, -0.15) is 0 Å². The molecule has 0 saturated heterocycles. The summed E-state index contributed by atoms with van der Waals surface area (Å²) in [5, 5.41) is 24.4. The molecular weight excluding hydrogens is 548 g/mol. The van der Waals surface area contributed by atoms with E-state index >= 15 is 0 Å². The zero-order valence-electron chi connectivity index (χ0n) is 23.3. The number of hydrogen-bond acceptors (Lipinski definition) is 6. The van der Waals surface area contributed by atoms with Crippen molar-refractivity contribution in [2.45, 2.75) is 26.3 Å². The minimum absolute atomic E-state index is 0.0774. The van der Waals surface area contributed by atoms with Crippen molar-refractivity contribution in [2.75, 3.05) is 6.61 Å². The molecule has 0 unspecified atom stereocenters. The third-order valence-electron chi connectivity index (χ3n) is 7.42. The van der Waals surface area contributed by atoms with E-state index in [0.717, 1.165) is 22.1 Å². The van der Waals surface area contributed by atoms with Crippen LogP contribution in [0.25, 0.3) is 32.9 Å². The third kappa shape index (κ3) is 5.50. The largest absolute Gasteiger partial charge is 0.512 e. The number of imidazole rings is 1. The summed E-state index contributed by atoms with van der Waals surface area (Å²) in [5.74, 6) is 1.06. The second-order valence-corrected chi connectivity index (χ2v) is 10.1. The molecule has 6 aromatic rings. The second-order valence-electron chi connectivity index (χ2n) is 10.1. The maximum Gasteiger partial charge on any atom is 0.512 e. The van der Waals surface area contributed by atoms with Crippen LogP contribution in [0, 0.1) is 17.0 Å². The maximum atomic E-state index is 12.1. The van der Waals surface area contributed by atoms with E-state index in [1.807, 2.05) is 78.9 Å². The number of aromatic nitrogens is 3. The molecule has 0 aliphatic heterocycles. The van der Waals surface area contributed by atoms with Crippen molar-refractivity contribution in [1.29, 1.82) is 0 Å². The molecule has 0 atom stereocenters. The first-order valence-corrected chi connectivity index (χ1v) is 13.8. The molecule has 0 bridgehead atoms. The van der Waals surface area contributed by atoms with E-state index in [4.69, 9.17) is 9.47 Å². The second kappa shape index (κ2) is 11.7. The Labute approximate surface area is 246 Å². The van der Waals surface area contributed by atoms with Gasteiger partial charge in [-0.3, -0.25) is 4.57 Å². The number of aromatic amines is 1. The number of nitrogens with one attached hydrogen (secondary N) is 1. The van der Waals surface area contributed by atoms with Crippen LogP contribution in [0.5, 0.6) is 11.6 Å². The third-order valence-corrected chi connectivity index (χ3v) is 7.42. The van der Waals surface area contributed by atoms with Crippen molar-refractivity contribution in [1.82, 2.24) is 14.5 Å². The summed E-state index contributed by atoms with van der Waals surface area (Å²) in [6.07, 6.45) is -0.444. The van der Waals surface area contributed by atoms with Crippen LogP contribution >= 0.6 is 0 Å². The molecule has 0 fully saturated rings. The quantitative estimate of drug-likeness (QED) is 0.0746. The zero-order chi connectivity index (χ0) is 29.9. The lowest BCUT2D eigenvalue weighted by atomic mass is 10.0. The summed E-state index contributed by atoms with van der Waals surface area (Å²) in [6.45, 7) is 2.49. The number of aryl methyl sites for hydroxylation is 2. The Hall–Kier alpha value is -5.64. The molecule has 0 amide bonds. The van der Waals surface area contributed by atoms with Gasteiger partial charge in [0.25, 0.3) is 0 Å². The standard InChI is InChI=1S/C33H28N4O6/c1-21-34-31(37(40)41)30(36(21)20-22-10-3-2-4-11-22)27-16-8-15-25-26(32(35-29(25)27)43-33(38)39)17-9-19-42-28-18-7-13-23-12-5-6-14-24(23)28/h2-8,10-16,18,35H,9,17,19-20H2,1H3,(H,38,39). The van der Waals surface area contributed by atoms with Gasteiger partial charge in [0.2, 0.25) is 11.7 Å². The molecule has 2 N–H and O–H groups in total. The molecule has 6 rings (SSSR count). The van der Waals surface area contributed by atoms with Crippen LogP contribution in [0.1, 0.15) is 23.4 Å². The van der Waals surface area contributed by atoms with Gasteiger partial charge in [0.05, 0.1) is 18.7 Å². The highest BCUT2D eigenvalue weighted by atomic mass is 16.7. The maximum absolute atomic E-state index is 12.1. The monoisotopic (exact) mass is 576 g/mol. The first kappa shape index (κ1) is 27.5. The Morgan fingerprint density at radius 2 is 1.70 bits per heavy atom. The summed E-state index contributed by atoms with van der Waals surface area (Å²) in [5.41, 5.74) is 2.98. The van der Waals surface area contributed by atoms with E-state index in [1.165, 1.54) is 0 Å². The molecule has 216 valence electrons. The molecule has 0 aliphatic carbocycles. The predicted octanol–water partition coefficient (Wildman–Crippen LogP) is 7.52. The summed E-state index contributed by atoms with van der Waals surface area (Å²) < 4.78 is 13.1. The minimum Gasteiger partial charge on any atom is -0.493 e. The van der Waals surface area contributed by atoms with Crippen LogP contribution in [0.15, 0.2) is 91.0 Å². The van der Waals surface area contributed by atoms with Crippen LogP contribution in [-0.4, -0.2) is 37.3 Å². The normalized spacial score (nSPS) is 11.2. The van der Waals surface area contributed by atoms with Crippen LogP contribution < -0.4 is 9.47 Å². The Balaban J connectivity index is 1.36. The molecule has 0 spiro atoms. The average Bonchev–Trinajstić information content (AvgIpc) is 3.52. The molecule has 2 aromatic heterocycles. The highest BCUT2D eigenvalue weighted by molar-refractivity contribution is 5.99. The highest BCUT2D eigenvalue weighted by Crippen LogP contribution is 2.39. The lowest BCUT2D eigenvalue weighted by molar-refractivity contribution is -0.388. The van der Waals surface area contributed by atoms with E-state index in [1.54, 1.807) is 23.6 Å². The first-order valence-electron chi connectivity index (χ1n) is 13.8. The Bertz CT molecular complexity index is 1960. The number of hydrogen-bond donors (Lipinski definition) is 2. The number of fused-ring (bicyclic) bond motifs is 2. The van der Waals surface area contributed by atoms with E-state index in [0.29, 0.717) is 59.5 Å². The minimum atomic E-state index is -1.46. The van der Waals surface area contributed by atoms with Gasteiger partial charge < -0.3 is 29.7 Å². The molecule has 2 heterocycles. The molecule has 10 heteroatoms. The first-order chi connectivity index (χ1) is 20.9. The number of para-hydroxylation sites is 1. The number of H-pyrrole nitrogens is 1. The highest BCUT2D eigenvalue weighted by Gasteiger charge is 2.29. The van der Waals surface area contributed by atoms with Crippen molar-refractivity contribution < 1.29 is 24.3 Å². The van der Waals surface area contributed by atoms with Gasteiger partial charge in [0, 0.05) is 28.8 Å². The van der Waals surface area contributed by atoms with Gasteiger partial charge in [-0.1, -0.05) is 84.9 Å². The van der Waals surface area contributed by atoms with Crippen molar-refractivity contribution >= 4 is 33.6 Å². The Morgan fingerprint density at radius 3 is 2.49 bits per heavy atom. The zero-order valence-corrected chi connectivity index (χ0v) is 23.3. The molecule has 0 radical (unpaired) electrons. The lowest BCUT2D eigenvalue weighted by Gasteiger charge is -2.10. The summed E-state index contributed by atoms with van der Waals surface area (Å²) in [6, 6.07) is 28.9. The van der Waals surface area contributed by atoms with Crippen LogP contribution in [0.2, 0.25) is 0 Å². The number of carboxylic acid groups (broad SMARTS) is 1. The number of ether oxygens (including phenoxy) is 2. The fraction of sp³-hybridized carbons (Fsp3) is 0.152. The van der Waals surface area contributed by atoms with Crippen molar-refractivity contribution in [3.05, 3.63) is 118 Å². The molecular formula is C33H28N4O6. The van der Waals surface area contributed by atoms with Gasteiger partial charge in [-0.15, -0.1) is 0 Å². The molecule has 10 nitrogen and oxygen atoms in total. The smallest absolute Gasteiger partial charge is 0.493 e. The number of rotatable bonds is 10. The number of nitrogens with zero attached hydrogens (tertiary/aromatic N) is 3. The van der Waals surface area contributed by atoms with E-state index in [-0.39, 0.29) is 11.7 Å². The van der Waals surface area contributed by atoms with Crippen molar-refractivity contribution in [2.24, 2.45) is 0 Å². The van der Waals surface area contributed by atoms with Crippen LogP contribution in [0.3, 0.4) is 0 Å². The lowest BCUT2D eigenvalue weighted by Crippen LogP contribution is -2.06. The average molecular weight is 577 g/mol. The molecule has 0 aliphatic rings. The SMILES string of the molecule is Cc1nc([N+](=O)[O-])c(-c2cccc3c(CCCOc4cccc5ccccc45)c(OC(=O)O)[nH]c23)n1Cc1ccccc1. The van der Waals surface area contributed by atoms with E-state index in [9.17, 15) is 20.0 Å². The van der Waals surface area contributed by atoms with E-state index in [2.05, 4.69) is 9.97 Å². The number of benzene rings is 4. The van der Waals surface area contributed by atoms with Crippen molar-refractivity contribution in [3.63, 3.8) is 0 Å². The molecule has 4 aromatic carbocycles. The van der Waals surface area contributed by atoms with Gasteiger partial charge in [0.1, 0.15) is 5.75 Å². The van der Waals surface area contributed by atoms with Crippen molar-refractivity contribution in [3.8, 4) is 22.9 Å². The predicted molar refractivity (Wildman–Crippen MR) is 163 cm³/mol. The fourth-order valence-corrected chi connectivity index (χ4v) is 5.52. The van der Waals surface area contributed by atoms with Gasteiger partial charge in [-0.25, -0.2) is 4.79 Å². The Morgan fingerprint density at radius 1 is 0.977 bits per heavy atom. The molecule has 0 saturated carbocycles. The molecule has 43 heavy (non-hydrogen) atoms. The summed E-state index contributed by atoms with van der Waals surface area (Å²) in [4.78, 5) is 30.7. The number of carbonyl (C=O) groups is 1. The van der Waals surface area contributed by atoms with Crippen LogP contribution in [0.4, 0.5) is 10.6 Å². The Kier molecular flexibility index (Phi) is 7.48. The summed E-state index contributed by atoms with van der Waals surface area (Å²) >= 11 is 0. The number of nitro groups is 1. The van der Waals surface area contributed by atoms with E-state index < -0.39 is 11.1 Å². The van der Waals surface area contributed by atoms with Gasteiger partial charge in [-0.05, 0) is 39.8 Å². The van der Waals surface area contributed by atoms with Crippen LogP contribution in [-0.2, 0) is 13.0 Å². The topological polar surface area (TPSA) is 133 Å². The van der Waals surface area contributed by atoms with Gasteiger partial charge >= 0.3 is 12.0 Å². The summed E-state index contributed by atoms with van der Waals surface area (Å²) in [7, 11) is 0.